The van der Waals surface area contributed by atoms with Crippen molar-refractivity contribution in [2.45, 2.75) is 19.9 Å². The zero-order valence-corrected chi connectivity index (χ0v) is 6.60. The van der Waals surface area contributed by atoms with Crippen LogP contribution in [0.1, 0.15) is 18.1 Å². The molecule has 0 fully saturated rings. The molecule has 1 rings (SSSR count). The zero-order chi connectivity index (χ0) is 8.27. The summed E-state index contributed by atoms with van der Waals surface area (Å²) in [5, 5.41) is 0. The Hall–Kier alpha value is -0.890. The van der Waals surface area contributed by atoms with Crippen molar-refractivity contribution in [3.63, 3.8) is 0 Å². The van der Waals surface area contributed by atoms with E-state index in [4.69, 9.17) is 5.73 Å². The quantitative estimate of drug-likeness (QED) is 0.689. The molecule has 0 unspecified atom stereocenters. The molecule has 0 radical (unpaired) electrons. The fraction of sp³-hybridized carbons (Fsp3) is 0.333. The van der Waals surface area contributed by atoms with Gasteiger partial charge in [0, 0.05) is 6.54 Å². The molecule has 1 aromatic carbocycles. The molecule has 0 spiro atoms. The van der Waals surface area contributed by atoms with Crippen molar-refractivity contribution in [2.24, 2.45) is 5.73 Å². The van der Waals surface area contributed by atoms with Crippen LogP contribution in [0.3, 0.4) is 0 Å². The predicted octanol–water partition coefficient (Wildman–Crippen LogP) is 1.85. The number of rotatable bonds is 2. The van der Waals surface area contributed by atoms with Crippen LogP contribution in [0.4, 0.5) is 4.39 Å². The normalized spacial score (nSPS) is 10.1. The van der Waals surface area contributed by atoms with E-state index < -0.39 is 0 Å². The second-order valence-corrected chi connectivity index (χ2v) is 2.44. The van der Waals surface area contributed by atoms with Crippen molar-refractivity contribution >= 4 is 0 Å². The molecule has 0 bridgehead atoms. The molecular formula is C9H12FN. The highest BCUT2D eigenvalue weighted by atomic mass is 19.1. The van der Waals surface area contributed by atoms with E-state index in [1.807, 2.05) is 13.0 Å². The van der Waals surface area contributed by atoms with Crippen LogP contribution >= 0.6 is 0 Å². The second-order valence-electron chi connectivity index (χ2n) is 2.44. The topological polar surface area (TPSA) is 26.0 Å². The van der Waals surface area contributed by atoms with Gasteiger partial charge < -0.3 is 5.73 Å². The van der Waals surface area contributed by atoms with Gasteiger partial charge in [-0.1, -0.05) is 19.1 Å². The zero-order valence-electron chi connectivity index (χ0n) is 6.60. The second kappa shape index (κ2) is 3.49. The van der Waals surface area contributed by atoms with Crippen molar-refractivity contribution < 1.29 is 4.39 Å². The molecule has 2 heteroatoms. The Morgan fingerprint density at radius 1 is 1.45 bits per heavy atom. The average Bonchev–Trinajstić information content (AvgIpc) is 2.04. The van der Waals surface area contributed by atoms with Gasteiger partial charge in [0.1, 0.15) is 5.82 Å². The Kier molecular flexibility index (Phi) is 2.60. The van der Waals surface area contributed by atoms with E-state index in [0.717, 1.165) is 11.1 Å². The molecule has 0 aliphatic rings. The summed E-state index contributed by atoms with van der Waals surface area (Å²) in [7, 11) is 0. The molecular weight excluding hydrogens is 141 g/mol. The third kappa shape index (κ3) is 1.57. The average molecular weight is 153 g/mol. The Bertz CT molecular complexity index is 245. The van der Waals surface area contributed by atoms with E-state index in [1.165, 1.54) is 6.07 Å². The molecule has 1 nitrogen and oxygen atoms in total. The molecule has 0 saturated carbocycles. The molecule has 1 aromatic rings. The Morgan fingerprint density at radius 2 is 2.18 bits per heavy atom. The van der Waals surface area contributed by atoms with Crippen LogP contribution in [0.2, 0.25) is 0 Å². The fourth-order valence-corrected chi connectivity index (χ4v) is 1.19. The highest BCUT2D eigenvalue weighted by Gasteiger charge is 2.03. The number of halogens is 1. The minimum atomic E-state index is -0.143. The van der Waals surface area contributed by atoms with Gasteiger partial charge in [-0.2, -0.15) is 0 Å². The van der Waals surface area contributed by atoms with Gasteiger partial charge in [0.05, 0.1) is 0 Å². The number of hydrogen-bond acceptors (Lipinski definition) is 1. The first-order valence-electron chi connectivity index (χ1n) is 3.76. The third-order valence-corrected chi connectivity index (χ3v) is 1.79. The third-order valence-electron chi connectivity index (χ3n) is 1.79. The number of nitrogens with two attached hydrogens (primary N) is 1. The molecule has 2 N–H and O–H groups in total. The lowest BCUT2D eigenvalue weighted by atomic mass is 10.1. The maximum absolute atomic E-state index is 13.0. The van der Waals surface area contributed by atoms with Crippen LogP contribution in [0.5, 0.6) is 0 Å². The standard InChI is InChI=1S/C9H12FN/c1-2-8-7(6-11)4-3-5-9(8)10/h3-5H,2,6,11H2,1H3. The fourth-order valence-electron chi connectivity index (χ4n) is 1.19. The minimum Gasteiger partial charge on any atom is -0.326 e. The van der Waals surface area contributed by atoms with Crippen molar-refractivity contribution in [1.29, 1.82) is 0 Å². The predicted molar refractivity (Wildman–Crippen MR) is 43.7 cm³/mol. The van der Waals surface area contributed by atoms with E-state index in [1.54, 1.807) is 6.07 Å². The molecule has 0 saturated heterocycles. The van der Waals surface area contributed by atoms with E-state index in [9.17, 15) is 4.39 Å². The van der Waals surface area contributed by atoms with Gasteiger partial charge in [0.15, 0.2) is 0 Å². The van der Waals surface area contributed by atoms with Crippen LogP contribution in [-0.4, -0.2) is 0 Å². The largest absolute Gasteiger partial charge is 0.326 e. The summed E-state index contributed by atoms with van der Waals surface area (Å²) in [6, 6.07) is 5.02. The van der Waals surface area contributed by atoms with Gasteiger partial charge >= 0.3 is 0 Å². The summed E-state index contributed by atoms with van der Waals surface area (Å²) in [6.45, 7) is 2.35. The van der Waals surface area contributed by atoms with Crippen LogP contribution < -0.4 is 5.73 Å². The first kappa shape index (κ1) is 8.21. The lowest BCUT2D eigenvalue weighted by Gasteiger charge is -2.04. The van der Waals surface area contributed by atoms with E-state index >= 15 is 0 Å². The van der Waals surface area contributed by atoms with Crippen LogP contribution in [0.15, 0.2) is 18.2 Å². The first-order valence-corrected chi connectivity index (χ1v) is 3.76. The molecule has 0 aromatic heterocycles. The summed E-state index contributed by atoms with van der Waals surface area (Å²) in [5.74, 6) is -0.143. The summed E-state index contributed by atoms with van der Waals surface area (Å²) < 4.78 is 13.0. The molecule has 0 heterocycles. The van der Waals surface area contributed by atoms with E-state index in [-0.39, 0.29) is 5.82 Å². The number of hydrogen-bond donors (Lipinski definition) is 1. The lowest BCUT2D eigenvalue weighted by molar-refractivity contribution is 0.608. The molecule has 60 valence electrons. The lowest BCUT2D eigenvalue weighted by Crippen LogP contribution is -2.02. The van der Waals surface area contributed by atoms with Gasteiger partial charge in [-0.05, 0) is 23.6 Å². The number of benzene rings is 1. The van der Waals surface area contributed by atoms with Crippen molar-refractivity contribution in [3.05, 3.63) is 35.1 Å². The van der Waals surface area contributed by atoms with Crippen LogP contribution in [-0.2, 0) is 13.0 Å². The highest BCUT2D eigenvalue weighted by Crippen LogP contribution is 2.13. The van der Waals surface area contributed by atoms with Crippen molar-refractivity contribution in [3.8, 4) is 0 Å². The summed E-state index contributed by atoms with van der Waals surface area (Å²) in [5.41, 5.74) is 7.08. The van der Waals surface area contributed by atoms with Gasteiger partial charge in [0.2, 0.25) is 0 Å². The molecule has 0 atom stereocenters. The van der Waals surface area contributed by atoms with Crippen molar-refractivity contribution in [2.75, 3.05) is 0 Å². The summed E-state index contributed by atoms with van der Waals surface area (Å²) in [4.78, 5) is 0. The van der Waals surface area contributed by atoms with Crippen molar-refractivity contribution in [1.82, 2.24) is 0 Å². The molecule has 0 amide bonds. The first-order chi connectivity index (χ1) is 5.29. The molecule has 0 aliphatic heterocycles. The van der Waals surface area contributed by atoms with Gasteiger partial charge in [0.25, 0.3) is 0 Å². The maximum Gasteiger partial charge on any atom is 0.126 e. The summed E-state index contributed by atoms with van der Waals surface area (Å²) >= 11 is 0. The van der Waals surface area contributed by atoms with Gasteiger partial charge in [-0.15, -0.1) is 0 Å². The van der Waals surface area contributed by atoms with E-state index in [0.29, 0.717) is 13.0 Å². The van der Waals surface area contributed by atoms with Crippen LogP contribution in [0.25, 0.3) is 0 Å². The smallest absolute Gasteiger partial charge is 0.126 e. The maximum atomic E-state index is 13.0. The monoisotopic (exact) mass is 153 g/mol. The Balaban J connectivity index is 3.13. The Labute approximate surface area is 66.0 Å². The van der Waals surface area contributed by atoms with Gasteiger partial charge in [-0.25, -0.2) is 4.39 Å². The highest BCUT2D eigenvalue weighted by molar-refractivity contribution is 5.28. The minimum absolute atomic E-state index is 0.143. The SMILES string of the molecule is CCc1c(F)cccc1CN. The van der Waals surface area contributed by atoms with Gasteiger partial charge in [-0.3, -0.25) is 0 Å². The summed E-state index contributed by atoms with van der Waals surface area (Å²) in [6.07, 6.45) is 0.708. The molecule has 11 heavy (non-hydrogen) atoms. The van der Waals surface area contributed by atoms with E-state index in [2.05, 4.69) is 0 Å². The Morgan fingerprint density at radius 3 is 2.64 bits per heavy atom. The molecule has 0 aliphatic carbocycles. The van der Waals surface area contributed by atoms with Crippen LogP contribution in [0, 0.1) is 5.82 Å².